The molecular formula is C14H19BrN2O. The van der Waals surface area contributed by atoms with Gasteiger partial charge in [0.25, 0.3) is 0 Å². The average molecular weight is 311 g/mol. The zero-order valence-electron chi connectivity index (χ0n) is 10.6. The molecule has 0 aromatic heterocycles. The van der Waals surface area contributed by atoms with Crippen LogP contribution in [0.5, 0.6) is 5.75 Å². The van der Waals surface area contributed by atoms with E-state index in [1.807, 2.05) is 18.2 Å². The van der Waals surface area contributed by atoms with Crippen molar-refractivity contribution in [3.63, 3.8) is 0 Å². The van der Waals surface area contributed by atoms with Crippen LogP contribution in [0.25, 0.3) is 0 Å². The second kappa shape index (κ2) is 5.74. The van der Waals surface area contributed by atoms with Crippen LogP contribution in [0.1, 0.15) is 38.2 Å². The molecule has 0 amide bonds. The van der Waals surface area contributed by atoms with Crippen molar-refractivity contribution >= 4 is 21.8 Å². The Morgan fingerprint density at radius 2 is 2.00 bits per heavy atom. The first kappa shape index (κ1) is 13.4. The van der Waals surface area contributed by atoms with Crippen LogP contribution in [0.3, 0.4) is 0 Å². The Labute approximate surface area is 116 Å². The minimum Gasteiger partial charge on any atom is -0.489 e. The smallest absolute Gasteiger partial charge is 0.133 e. The number of ether oxygens (including phenoxy) is 1. The number of hydrogen-bond donors (Lipinski definition) is 2. The number of hydrogen-bond acceptors (Lipinski definition) is 2. The second-order valence-electron chi connectivity index (χ2n) is 5.06. The van der Waals surface area contributed by atoms with Crippen LogP contribution in [-0.4, -0.2) is 11.9 Å². The molecule has 98 valence electrons. The molecule has 1 aromatic carbocycles. The highest BCUT2D eigenvalue weighted by atomic mass is 79.9. The van der Waals surface area contributed by atoms with E-state index in [0.717, 1.165) is 29.0 Å². The van der Waals surface area contributed by atoms with Gasteiger partial charge in [0.15, 0.2) is 0 Å². The van der Waals surface area contributed by atoms with Gasteiger partial charge in [-0.15, -0.1) is 0 Å². The molecule has 0 aliphatic heterocycles. The molecular weight excluding hydrogens is 292 g/mol. The normalized spacial score (nSPS) is 23.7. The van der Waals surface area contributed by atoms with E-state index in [1.165, 1.54) is 12.8 Å². The minimum atomic E-state index is 0.0775. The van der Waals surface area contributed by atoms with E-state index in [-0.39, 0.29) is 5.84 Å². The maximum atomic E-state index is 7.39. The van der Waals surface area contributed by atoms with E-state index in [4.69, 9.17) is 15.9 Å². The molecule has 4 heteroatoms. The third-order valence-corrected chi connectivity index (χ3v) is 4.12. The Morgan fingerprint density at radius 3 is 2.56 bits per heavy atom. The Kier molecular flexibility index (Phi) is 4.27. The van der Waals surface area contributed by atoms with Crippen LogP contribution in [0.15, 0.2) is 22.7 Å². The summed E-state index contributed by atoms with van der Waals surface area (Å²) in [5.41, 5.74) is 6.17. The van der Waals surface area contributed by atoms with E-state index < -0.39 is 0 Å². The largest absolute Gasteiger partial charge is 0.489 e. The molecule has 0 saturated heterocycles. The monoisotopic (exact) mass is 310 g/mol. The predicted molar refractivity (Wildman–Crippen MR) is 77.2 cm³/mol. The van der Waals surface area contributed by atoms with Crippen molar-refractivity contribution in [2.45, 2.75) is 38.7 Å². The summed E-state index contributed by atoms with van der Waals surface area (Å²) >= 11 is 3.48. The van der Waals surface area contributed by atoms with Gasteiger partial charge in [0.05, 0.1) is 10.6 Å². The molecule has 3 N–H and O–H groups in total. The summed E-state index contributed by atoms with van der Waals surface area (Å²) in [6, 6.07) is 5.55. The van der Waals surface area contributed by atoms with Crippen molar-refractivity contribution < 1.29 is 4.74 Å². The third-order valence-electron chi connectivity index (χ3n) is 3.50. The molecule has 0 heterocycles. The van der Waals surface area contributed by atoms with Gasteiger partial charge in [-0.05, 0) is 65.7 Å². The SMILES string of the molecule is CC1CCC(Oc2ccc(C(=N)N)cc2Br)CC1. The predicted octanol–water partition coefficient (Wildman–Crippen LogP) is 3.69. The molecule has 1 fully saturated rings. The molecule has 3 nitrogen and oxygen atoms in total. The van der Waals surface area contributed by atoms with Gasteiger partial charge in [0.2, 0.25) is 0 Å². The Hall–Kier alpha value is -1.03. The number of nitrogen functional groups attached to an aromatic ring is 1. The van der Waals surface area contributed by atoms with Gasteiger partial charge in [-0.25, -0.2) is 0 Å². The summed E-state index contributed by atoms with van der Waals surface area (Å²) in [5, 5.41) is 7.39. The molecule has 1 saturated carbocycles. The fourth-order valence-corrected chi connectivity index (χ4v) is 2.76. The number of benzene rings is 1. The van der Waals surface area contributed by atoms with Crippen molar-refractivity contribution in [1.82, 2.24) is 0 Å². The summed E-state index contributed by atoms with van der Waals surface area (Å²) in [5.74, 6) is 1.75. The average Bonchev–Trinajstić information content (AvgIpc) is 2.34. The van der Waals surface area contributed by atoms with E-state index in [0.29, 0.717) is 11.7 Å². The highest BCUT2D eigenvalue weighted by molar-refractivity contribution is 9.10. The van der Waals surface area contributed by atoms with E-state index in [1.54, 1.807) is 0 Å². The lowest BCUT2D eigenvalue weighted by Crippen LogP contribution is -2.23. The highest BCUT2D eigenvalue weighted by Gasteiger charge is 2.20. The lowest BCUT2D eigenvalue weighted by molar-refractivity contribution is 0.134. The zero-order chi connectivity index (χ0) is 13.1. The maximum Gasteiger partial charge on any atom is 0.133 e. The summed E-state index contributed by atoms with van der Waals surface area (Å²) in [7, 11) is 0. The van der Waals surface area contributed by atoms with E-state index in [9.17, 15) is 0 Å². The molecule has 0 spiro atoms. The van der Waals surface area contributed by atoms with Crippen LogP contribution < -0.4 is 10.5 Å². The van der Waals surface area contributed by atoms with Gasteiger partial charge in [0, 0.05) is 5.56 Å². The molecule has 0 radical (unpaired) electrons. The van der Waals surface area contributed by atoms with Crippen LogP contribution in [0.2, 0.25) is 0 Å². The molecule has 2 rings (SSSR count). The maximum absolute atomic E-state index is 7.39. The lowest BCUT2D eigenvalue weighted by atomic mass is 9.89. The summed E-state index contributed by atoms with van der Waals surface area (Å²) < 4.78 is 6.88. The number of amidine groups is 1. The summed E-state index contributed by atoms with van der Waals surface area (Å²) in [6.45, 7) is 2.30. The fourth-order valence-electron chi connectivity index (χ4n) is 2.29. The van der Waals surface area contributed by atoms with Crippen molar-refractivity contribution in [3.05, 3.63) is 28.2 Å². The van der Waals surface area contributed by atoms with Gasteiger partial charge in [0.1, 0.15) is 11.6 Å². The van der Waals surface area contributed by atoms with E-state index in [2.05, 4.69) is 22.9 Å². The van der Waals surface area contributed by atoms with Crippen molar-refractivity contribution in [2.24, 2.45) is 11.7 Å². The second-order valence-corrected chi connectivity index (χ2v) is 5.91. The van der Waals surface area contributed by atoms with Crippen molar-refractivity contribution in [1.29, 1.82) is 5.41 Å². The van der Waals surface area contributed by atoms with Crippen LogP contribution >= 0.6 is 15.9 Å². The minimum absolute atomic E-state index is 0.0775. The first-order chi connectivity index (χ1) is 8.56. The van der Waals surface area contributed by atoms with Gasteiger partial charge < -0.3 is 10.5 Å². The van der Waals surface area contributed by atoms with Gasteiger partial charge in [-0.1, -0.05) is 6.92 Å². The van der Waals surface area contributed by atoms with Gasteiger partial charge in [-0.3, -0.25) is 5.41 Å². The molecule has 1 aromatic rings. The van der Waals surface area contributed by atoms with Crippen LogP contribution in [0, 0.1) is 11.3 Å². The molecule has 1 aliphatic carbocycles. The van der Waals surface area contributed by atoms with E-state index >= 15 is 0 Å². The quantitative estimate of drug-likeness (QED) is 0.660. The summed E-state index contributed by atoms with van der Waals surface area (Å²) in [6.07, 6.45) is 5.06. The third kappa shape index (κ3) is 3.25. The van der Waals surface area contributed by atoms with Crippen LogP contribution in [-0.2, 0) is 0 Å². The molecule has 0 atom stereocenters. The number of nitrogens with one attached hydrogen (secondary N) is 1. The van der Waals surface area contributed by atoms with Gasteiger partial charge in [-0.2, -0.15) is 0 Å². The topological polar surface area (TPSA) is 59.1 Å². The standard InChI is InChI=1S/C14H19BrN2O/c1-9-2-5-11(6-3-9)18-13-7-4-10(14(16)17)8-12(13)15/h4,7-9,11H,2-3,5-6H2,1H3,(H3,16,17). The molecule has 1 aliphatic rings. The molecule has 18 heavy (non-hydrogen) atoms. The highest BCUT2D eigenvalue weighted by Crippen LogP contribution is 2.31. The van der Waals surface area contributed by atoms with Crippen molar-refractivity contribution in [3.8, 4) is 5.75 Å². The Bertz CT molecular complexity index is 439. The zero-order valence-corrected chi connectivity index (χ0v) is 12.2. The first-order valence-corrected chi connectivity index (χ1v) is 7.16. The fraction of sp³-hybridized carbons (Fsp3) is 0.500. The Morgan fingerprint density at radius 1 is 1.33 bits per heavy atom. The number of halogens is 1. The first-order valence-electron chi connectivity index (χ1n) is 6.37. The Balaban J connectivity index is 2.03. The number of rotatable bonds is 3. The number of nitrogens with two attached hydrogens (primary N) is 1. The van der Waals surface area contributed by atoms with Crippen LogP contribution in [0.4, 0.5) is 0 Å². The summed E-state index contributed by atoms with van der Waals surface area (Å²) in [4.78, 5) is 0. The lowest BCUT2D eigenvalue weighted by Gasteiger charge is -2.27. The van der Waals surface area contributed by atoms with Gasteiger partial charge >= 0.3 is 0 Å². The van der Waals surface area contributed by atoms with Crippen molar-refractivity contribution in [2.75, 3.05) is 0 Å². The molecule has 0 unspecified atom stereocenters. The molecule has 0 bridgehead atoms.